The number of Topliss-reactive ketones (excluding diaryl/α,β-unsaturated/α-hetero) is 1. The van der Waals surface area contributed by atoms with Crippen LogP contribution in [0.3, 0.4) is 0 Å². The Morgan fingerprint density at radius 1 is 1.11 bits per heavy atom. The molecule has 0 saturated heterocycles. The number of nitrogens with zero attached hydrogens (tertiary/aromatic N) is 1. The molecule has 1 aromatic carbocycles. The Morgan fingerprint density at radius 2 is 1.81 bits per heavy atom. The smallest absolute Gasteiger partial charge is 0.433 e. The van der Waals surface area contributed by atoms with Gasteiger partial charge in [0, 0.05) is 19.9 Å². The molecule has 0 radical (unpaired) electrons. The third-order valence-corrected chi connectivity index (χ3v) is 3.32. The van der Waals surface area contributed by atoms with Crippen molar-refractivity contribution in [2.24, 2.45) is 0 Å². The monoisotopic (exact) mass is 373 g/mol. The van der Waals surface area contributed by atoms with Crippen LogP contribution in [-0.2, 0) is 9.59 Å². The number of allylic oxidation sites excluding steroid dienone is 1. The summed E-state index contributed by atoms with van der Waals surface area (Å²) >= 11 is 0. The summed E-state index contributed by atoms with van der Waals surface area (Å²) in [7, 11) is 0. The van der Waals surface area contributed by atoms with Gasteiger partial charge in [0.25, 0.3) is 0 Å². The molecular weight excluding hydrogens is 362 g/mol. The number of ketones is 1. The van der Waals surface area contributed by atoms with Crippen LogP contribution in [0.4, 0.5) is 5.88 Å². The number of hydrogen-bond acceptors (Lipinski definition) is 9. The number of fused-ring (bicyclic) bond motifs is 1. The summed E-state index contributed by atoms with van der Waals surface area (Å²) in [6.07, 6.45) is 1.17. The van der Waals surface area contributed by atoms with Gasteiger partial charge >= 0.3 is 17.8 Å². The third kappa shape index (κ3) is 3.54. The van der Waals surface area contributed by atoms with E-state index >= 15 is 0 Å². The summed E-state index contributed by atoms with van der Waals surface area (Å²) < 4.78 is 20.4. The fourth-order valence-corrected chi connectivity index (χ4v) is 2.33. The summed E-state index contributed by atoms with van der Waals surface area (Å²) in [5.41, 5.74) is 0.0643. The van der Waals surface area contributed by atoms with E-state index in [0.717, 1.165) is 19.9 Å². The molecule has 10 nitrogen and oxygen atoms in total. The van der Waals surface area contributed by atoms with Gasteiger partial charge in [0.15, 0.2) is 17.3 Å². The molecule has 0 spiro atoms. The molecule has 27 heavy (non-hydrogen) atoms. The standard InChI is InChI=1S/C17H11NO9/c1-8(19)24-12-5-4-11-15(21)13(27-16(11)17(12)25-9(2)20)7-10-3-6-14(26-10)18(22)23/h3-7H,1-2H3/b13-7-. The van der Waals surface area contributed by atoms with Gasteiger partial charge in [-0.05, 0) is 18.2 Å². The fraction of sp³-hybridized carbons (Fsp3) is 0.118. The normalized spacial score (nSPS) is 13.9. The first-order valence-electron chi connectivity index (χ1n) is 7.48. The lowest BCUT2D eigenvalue weighted by Gasteiger charge is -2.11. The van der Waals surface area contributed by atoms with Gasteiger partial charge in [0.1, 0.15) is 10.7 Å². The number of nitro groups is 1. The molecule has 10 heteroatoms. The molecule has 0 N–H and O–H groups in total. The maximum Gasteiger partial charge on any atom is 0.433 e. The van der Waals surface area contributed by atoms with Crippen molar-refractivity contribution >= 4 is 29.7 Å². The quantitative estimate of drug-likeness (QED) is 0.260. The molecule has 1 aliphatic heterocycles. The van der Waals surface area contributed by atoms with E-state index < -0.39 is 28.5 Å². The van der Waals surface area contributed by atoms with Crippen molar-refractivity contribution in [3.05, 3.63) is 51.5 Å². The van der Waals surface area contributed by atoms with Crippen LogP contribution in [0.5, 0.6) is 17.2 Å². The Labute approximate surface area is 151 Å². The van der Waals surface area contributed by atoms with E-state index in [2.05, 4.69) is 0 Å². The lowest BCUT2D eigenvalue weighted by Crippen LogP contribution is -2.08. The Kier molecular flexibility index (Phi) is 4.46. The Hall–Kier alpha value is -3.95. The van der Waals surface area contributed by atoms with Crippen molar-refractivity contribution in [1.82, 2.24) is 0 Å². The molecule has 1 aliphatic rings. The molecular formula is C17H11NO9. The molecule has 0 unspecified atom stereocenters. The van der Waals surface area contributed by atoms with E-state index in [1.807, 2.05) is 0 Å². The molecule has 3 rings (SSSR count). The second-order valence-corrected chi connectivity index (χ2v) is 5.33. The molecule has 0 atom stereocenters. The average Bonchev–Trinajstić information content (AvgIpc) is 3.15. The van der Waals surface area contributed by atoms with Crippen LogP contribution >= 0.6 is 0 Å². The fourth-order valence-electron chi connectivity index (χ4n) is 2.33. The highest BCUT2D eigenvalue weighted by molar-refractivity contribution is 6.15. The minimum atomic E-state index is -0.724. The van der Waals surface area contributed by atoms with Crippen LogP contribution in [0.15, 0.2) is 34.4 Å². The number of benzene rings is 1. The first-order chi connectivity index (χ1) is 12.8. The van der Waals surface area contributed by atoms with Gasteiger partial charge in [0.2, 0.25) is 11.5 Å². The summed E-state index contributed by atoms with van der Waals surface area (Å²) in [6.45, 7) is 2.29. The molecule has 0 amide bonds. The van der Waals surface area contributed by atoms with Gasteiger partial charge < -0.3 is 18.6 Å². The Balaban J connectivity index is 2.02. The zero-order valence-electron chi connectivity index (χ0n) is 14.0. The van der Waals surface area contributed by atoms with Gasteiger partial charge in [0.05, 0.1) is 11.6 Å². The lowest BCUT2D eigenvalue weighted by molar-refractivity contribution is -0.402. The number of rotatable bonds is 4. The van der Waals surface area contributed by atoms with E-state index in [9.17, 15) is 24.5 Å². The van der Waals surface area contributed by atoms with E-state index in [4.69, 9.17) is 18.6 Å². The highest BCUT2D eigenvalue weighted by Gasteiger charge is 2.34. The van der Waals surface area contributed by atoms with Crippen LogP contribution in [0.25, 0.3) is 6.08 Å². The Bertz CT molecular complexity index is 1020. The summed E-state index contributed by atoms with van der Waals surface area (Å²) in [5.74, 6) is -3.06. The summed E-state index contributed by atoms with van der Waals surface area (Å²) in [4.78, 5) is 45.0. The highest BCUT2D eigenvalue weighted by Crippen LogP contribution is 2.46. The second kappa shape index (κ2) is 6.75. The molecule has 0 saturated carbocycles. The second-order valence-electron chi connectivity index (χ2n) is 5.33. The van der Waals surface area contributed by atoms with Crippen molar-refractivity contribution in [1.29, 1.82) is 0 Å². The molecule has 1 aromatic heterocycles. The minimum absolute atomic E-state index is 0.0205. The zero-order valence-corrected chi connectivity index (χ0v) is 14.0. The summed E-state index contributed by atoms with van der Waals surface area (Å²) in [6, 6.07) is 5.05. The van der Waals surface area contributed by atoms with E-state index in [0.29, 0.717) is 0 Å². The van der Waals surface area contributed by atoms with Crippen LogP contribution in [0.2, 0.25) is 0 Å². The van der Waals surface area contributed by atoms with Gasteiger partial charge in [-0.15, -0.1) is 0 Å². The lowest BCUT2D eigenvalue weighted by atomic mass is 10.1. The third-order valence-electron chi connectivity index (χ3n) is 3.32. The molecule has 0 aliphatic carbocycles. The van der Waals surface area contributed by atoms with E-state index in [1.165, 1.54) is 24.3 Å². The number of ether oxygens (including phenoxy) is 3. The number of carbonyl (C=O) groups is 3. The molecule has 0 bridgehead atoms. The van der Waals surface area contributed by atoms with Crippen molar-refractivity contribution in [2.75, 3.05) is 0 Å². The van der Waals surface area contributed by atoms with E-state index in [1.54, 1.807) is 0 Å². The predicted molar refractivity (Wildman–Crippen MR) is 87.4 cm³/mol. The highest BCUT2D eigenvalue weighted by atomic mass is 16.6. The predicted octanol–water partition coefficient (Wildman–Crippen LogP) is 2.65. The molecule has 0 fully saturated rings. The topological polar surface area (TPSA) is 135 Å². The number of hydrogen-bond donors (Lipinski definition) is 0. The van der Waals surface area contributed by atoms with Crippen LogP contribution < -0.4 is 14.2 Å². The number of carbonyl (C=O) groups excluding carboxylic acids is 3. The average molecular weight is 373 g/mol. The molecule has 2 aromatic rings. The first kappa shape index (κ1) is 17.9. The maximum absolute atomic E-state index is 12.5. The molecule has 2 heterocycles. The van der Waals surface area contributed by atoms with Crippen molar-refractivity contribution < 1.29 is 37.9 Å². The van der Waals surface area contributed by atoms with E-state index in [-0.39, 0.29) is 34.3 Å². The van der Waals surface area contributed by atoms with Crippen LogP contribution in [0, 0.1) is 10.1 Å². The zero-order chi connectivity index (χ0) is 19.7. The Morgan fingerprint density at radius 3 is 2.41 bits per heavy atom. The first-order valence-corrected chi connectivity index (χ1v) is 7.48. The number of furan rings is 1. The van der Waals surface area contributed by atoms with Gasteiger partial charge in [-0.2, -0.15) is 0 Å². The van der Waals surface area contributed by atoms with Crippen molar-refractivity contribution in [2.45, 2.75) is 13.8 Å². The van der Waals surface area contributed by atoms with Crippen molar-refractivity contribution in [3.63, 3.8) is 0 Å². The van der Waals surface area contributed by atoms with Gasteiger partial charge in [-0.25, -0.2) is 0 Å². The SMILES string of the molecule is CC(=O)Oc1ccc2c(c1OC(C)=O)O/C(=C\c1ccc([N+](=O)[O-])o1)C2=O. The minimum Gasteiger partial charge on any atom is -0.448 e. The summed E-state index contributed by atoms with van der Waals surface area (Å²) in [5, 5.41) is 10.7. The van der Waals surface area contributed by atoms with Gasteiger partial charge in [-0.1, -0.05) is 0 Å². The van der Waals surface area contributed by atoms with Crippen LogP contribution in [-0.4, -0.2) is 22.6 Å². The largest absolute Gasteiger partial charge is 0.448 e. The maximum atomic E-state index is 12.5. The molecule has 138 valence electrons. The van der Waals surface area contributed by atoms with Crippen LogP contribution in [0.1, 0.15) is 30.0 Å². The van der Waals surface area contributed by atoms with Gasteiger partial charge in [-0.3, -0.25) is 24.5 Å². The number of esters is 2. The van der Waals surface area contributed by atoms with Crippen molar-refractivity contribution in [3.8, 4) is 17.2 Å².